The standard InChI is InChI=1S/C25H24FN5O4/c1-15-20(29-35-28-15)12-27-23(32)17-6-4-10-30(14-17)21-9-3-8-19-22(21)25(34)31(24(19)33)13-16-5-2-7-18(26)11-16/h2-3,5,7-9,11,17H,4,6,10,12-14H2,1H3,(H,27,32)/t17-/m0/s1. The van der Waals surface area contributed by atoms with Gasteiger partial charge >= 0.3 is 0 Å². The highest BCUT2D eigenvalue weighted by Crippen LogP contribution is 2.34. The summed E-state index contributed by atoms with van der Waals surface area (Å²) in [5.41, 5.74) is 3.03. The van der Waals surface area contributed by atoms with Gasteiger partial charge in [0.1, 0.15) is 17.2 Å². The van der Waals surface area contributed by atoms with Crippen LogP contribution in [0.2, 0.25) is 0 Å². The summed E-state index contributed by atoms with van der Waals surface area (Å²) in [6.07, 6.45) is 1.48. The maximum absolute atomic E-state index is 13.6. The lowest BCUT2D eigenvalue weighted by atomic mass is 9.95. The van der Waals surface area contributed by atoms with Gasteiger partial charge < -0.3 is 10.2 Å². The van der Waals surface area contributed by atoms with E-state index in [-0.39, 0.29) is 24.9 Å². The Kier molecular flexibility index (Phi) is 6.02. The minimum atomic E-state index is -0.424. The van der Waals surface area contributed by atoms with Gasteiger partial charge in [-0.2, -0.15) is 0 Å². The molecule has 2 aromatic carbocycles. The molecule has 9 nitrogen and oxygen atoms in total. The Morgan fingerprint density at radius 2 is 2.00 bits per heavy atom. The number of imide groups is 1. The fourth-order valence-corrected chi connectivity index (χ4v) is 4.68. The van der Waals surface area contributed by atoms with Crippen molar-refractivity contribution in [3.8, 4) is 0 Å². The normalized spacial score (nSPS) is 17.6. The van der Waals surface area contributed by atoms with Gasteiger partial charge in [0.2, 0.25) is 5.91 Å². The Labute approximate surface area is 200 Å². The number of benzene rings is 2. The molecule has 1 N–H and O–H groups in total. The molecular formula is C25H24FN5O4. The van der Waals surface area contributed by atoms with Crippen LogP contribution in [0.3, 0.4) is 0 Å². The number of aryl methyl sites for hydroxylation is 1. The van der Waals surface area contributed by atoms with Gasteiger partial charge in [0, 0.05) is 13.1 Å². The average molecular weight is 477 g/mol. The average Bonchev–Trinajstić information content (AvgIpc) is 3.38. The molecule has 1 atom stereocenters. The van der Waals surface area contributed by atoms with Crippen LogP contribution in [-0.2, 0) is 17.9 Å². The number of carbonyl (C=O) groups is 3. The van der Waals surface area contributed by atoms with Crippen LogP contribution >= 0.6 is 0 Å². The first-order valence-corrected chi connectivity index (χ1v) is 11.5. The van der Waals surface area contributed by atoms with Crippen LogP contribution in [0.4, 0.5) is 10.1 Å². The Hall–Kier alpha value is -4.08. The second-order valence-electron chi connectivity index (χ2n) is 8.83. The van der Waals surface area contributed by atoms with Gasteiger partial charge in [0.05, 0.1) is 35.8 Å². The van der Waals surface area contributed by atoms with E-state index in [1.807, 2.05) is 4.90 Å². The van der Waals surface area contributed by atoms with Crippen LogP contribution in [0.25, 0.3) is 0 Å². The summed E-state index contributed by atoms with van der Waals surface area (Å²) >= 11 is 0. The Morgan fingerprint density at radius 1 is 1.17 bits per heavy atom. The zero-order chi connectivity index (χ0) is 24.5. The number of halogens is 1. The Morgan fingerprint density at radius 3 is 2.77 bits per heavy atom. The molecule has 180 valence electrons. The molecule has 1 aromatic heterocycles. The van der Waals surface area contributed by atoms with E-state index in [1.54, 1.807) is 37.3 Å². The molecule has 35 heavy (non-hydrogen) atoms. The van der Waals surface area contributed by atoms with Crippen LogP contribution in [0.1, 0.15) is 50.5 Å². The summed E-state index contributed by atoms with van der Waals surface area (Å²) in [7, 11) is 0. The number of nitrogens with one attached hydrogen (secondary N) is 1. The molecule has 2 aliphatic rings. The van der Waals surface area contributed by atoms with Crippen molar-refractivity contribution < 1.29 is 23.4 Å². The van der Waals surface area contributed by atoms with E-state index >= 15 is 0 Å². The van der Waals surface area contributed by atoms with Gasteiger partial charge in [-0.3, -0.25) is 19.3 Å². The van der Waals surface area contributed by atoms with Gasteiger partial charge in [0.15, 0.2) is 0 Å². The summed E-state index contributed by atoms with van der Waals surface area (Å²) in [6.45, 7) is 3.06. The summed E-state index contributed by atoms with van der Waals surface area (Å²) in [5.74, 6) is -1.63. The minimum absolute atomic E-state index is 0.00903. The van der Waals surface area contributed by atoms with Crippen LogP contribution in [0.5, 0.6) is 0 Å². The van der Waals surface area contributed by atoms with Gasteiger partial charge in [-0.05, 0) is 49.6 Å². The Balaban J connectivity index is 1.33. The molecule has 5 rings (SSSR count). The molecule has 0 saturated carbocycles. The highest BCUT2D eigenvalue weighted by molar-refractivity contribution is 6.23. The van der Waals surface area contributed by atoms with E-state index in [0.717, 1.165) is 11.3 Å². The first-order valence-electron chi connectivity index (χ1n) is 11.5. The molecule has 0 aliphatic carbocycles. The second-order valence-corrected chi connectivity index (χ2v) is 8.83. The number of hydrogen-bond donors (Lipinski definition) is 1. The maximum Gasteiger partial charge on any atom is 0.263 e. The largest absolute Gasteiger partial charge is 0.370 e. The molecule has 1 saturated heterocycles. The van der Waals surface area contributed by atoms with Gasteiger partial charge in [-0.1, -0.05) is 28.5 Å². The van der Waals surface area contributed by atoms with Gasteiger partial charge in [-0.25, -0.2) is 9.02 Å². The highest BCUT2D eigenvalue weighted by atomic mass is 19.1. The van der Waals surface area contributed by atoms with E-state index in [4.69, 9.17) is 0 Å². The zero-order valence-electron chi connectivity index (χ0n) is 19.2. The van der Waals surface area contributed by atoms with Crippen molar-refractivity contribution in [3.63, 3.8) is 0 Å². The molecule has 3 amide bonds. The summed E-state index contributed by atoms with van der Waals surface area (Å²) < 4.78 is 18.3. The van der Waals surface area contributed by atoms with Crippen LogP contribution in [-0.4, -0.2) is 46.0 Å². The van der Waals surface area contributed by atoms with E-state index in [1.165, 1.54) is 12.1 Å². The molecule has 3 heterocycles. The molecule has 0 spiro atoms. The van der Waals surface area contributed by atoms with E-state index in [0.29, 0.717) is 53.3 Å². The van der Waals surface area contributed by atoms with Crippen molar-refractivity contribution in [1.82, 2.24) is 20.5 Å². The van der Waals surface area contributed by atoms with Crippen molar-refractivity contribution in [2.45, 2.75) is 32.9 Å². The molecule has 2 aliphatic heterocycles. The van der Waals surface area contributed by atoms with Crippen LogP contribution in [0.15, 0.2) is 47.1 Å². The van der Waals surface area contributed by atoms with Crippen molar-refractivity contribution in [2.24, 2.45) is 5.92 Å². The molecule has 0 radical (unpaired) electrons. The molecule has 3 aromatic rings. The predicted molar refractivity (Wildman–Crippen MR) is 123 cm³/mol. The number of nitrogens with zero attached hydrogens (tertiary/aromatic N) is 4. The molecule has 0 unspecified atom stereocenters. The quantitative estimate of drug-likeness (QED) is 0.544. The van der Waals surface area contributed by atoms with Gasteiger partial charge in [0.25, 0.3) is 11.8 Å². The fourth-order valence-electron chi connectivity index (χ4n) is 4.68. The van der Waals surface area contributed by atoms with Crippen molar-refractivity contribution in [1.29, 1.82) is 0 Å². The number of aromatic nitrogens is 2. The van der Waals surface area contributed by atoms with Gasteiger partial charge in [-0.15, -0.1) is 0 Å². The van der Waals surface area contributed by atoms with E-state index in [2.05, 4.69) is 20.3 Å². The monoisotopic (exact) mass is 477 g/mol. The third kappa shape index (κ3) is 4.39. The van der Waals surface area contributed by atoms with E-state index in [9.17, 15) is 18.8 Å². The smallest absolute Gasteiger partial charge is 0.263 e. The number of rotatable bonds is 6. The third-order valence-corrected chi connectivity index (χ3v) is 6.52. The van der Waals surface area contributed by atoms with E-state index < -0.39 is 17.6 Å². The highest BCUT2D eigenvalue weighted by Gasteiger charge is 2.39. The first kappa shape index (κ1) is 22.7. The number of fused-ring (bicyclic) bond motifs is 1. The molecule has 0 bridgehead atoms. The summed E-state index contributed by atoms with van der Waals surface area (Å²) in [6, 6.07) is 11.0. The molecule has 10 heteroatoms. The van der Waals surface area contributed by atoms with Crippen molar-refractivity contribution in [3.05, 3.63) is 76.4 Å². The topological polar surface area (TPSA) is 109 Å². The molecular weight excluding hydrogens is 453 g/mol. The minimum Gasteiger partial charge on any atom is -0.370 e. The lowest BCUT2D eigenvalue weighted by molar-refractivity contribution is -0.125. The van der Waals surface area contributed by atoms with Crippen molar-refractivity contribution in [2.75, 3.05) is 18.0 Å². The first-order chi connectivity index (χ1) is 16.9. The zero-order valence-corrected chi connectivity index (χ0v) is 19.2. The number of carbonyl (C=O) groups excluding carboxylic acids is 3. The second kappa shape index (κ2) is 9.28. The number of hydrogen-bond acceptors (Lipinski definition) is 7. The SMILES string of the molecule is Cc1nonc1CNC(=O)[C@H]1CCCN(c2cccc3c2C(=O)N(Cc2cccc(F)c2)C3=O)C1. The number of amides is 3. The third-order valence-electron chi connectivity index (χ3n) is 6.52. The van der Waals surface area contributed by atoms with Crippen LogP contribution in [0, 0.1) is 18.7 Å². The number of piperidine rings is 1. The van der Waals surface area contributed by atoms with Crippen molar-refractivity contribution >= 4 is 23.4 Å². The lowest BCUT2D eigenvalue weighted by Crippen LogP contribution is -2.43. The maximum atomic E-state index is 13.6. The Bertz CT molecular complexity index is 1310. The predicted octanol–water partition coefficient (Wildman–Crippen LogP) is 2.85. The summed E-state index contributed by atoms with van der Waals surface area (Å²) in [5, 5.41) is 10.4. The molecule has 1 fully saturated rings. The lowest BCUT2D eigenvalue weighted by Gasteiger charge is -2.34. The number of anilines is 1. The van der Waals surface area contributed by atoms with Crippen LogP contribution < -0.4 is 10.2 Å². The summed E-state index contributed by atoms with van der Waals surface area (Å²) in [4.78, 5) is 42.3. The fraction of sp³-hybridized carbons (Fsp3) is 0.320.